The van der Waals surface area contributed by atoms with Crippen LogP contribution in [0.2, 0.25) is 10.0 Å². The molecule has 1 aliphatic heterocycles. The molecule has 0 spiro atoms. The van der Waals surface area contributed by atoms with Gasteiger partial charge in [-0.3, -0.25) is 4.90 Å². The maximum atomic E-state index is 6.44. The minimum atomic E-state index is 0.401. The van der Waals surface area contributed by atoms with Gasteiger partial charge in [0.2, 0.25) is 5.95 Å². The molecule has 7 rings (SSSR count). The Morgan fingerprint density at radius 2 is 1.68 bits per heavy atom. The van der Waals surface area contributed by atoms with Crippen LogP contribution < -0.4 is 11.1 Å². The van der Waals surface area contributed by atoms with Crippen molar-refractivity contribution in [3.63, 3.8) is 0 Å². The monoisotopic (exact) mass is 589 g/mol. The number of aromatic amines is 1. The van der Waals surface area contributed by atoms with Gasteiger partial charge >= 0.3 is 0 Å². The van der Waals surface area contributed by atoms with Gasteiger partial charge in [-0.15, -0.1) is 0 Å². The highest BCUT2D eigenvalue weighted by Crippen LogP contribution is 2.39. The Morgan fingerprint density at radius 1 is 0.951 bits per heavy atom. The van der Waals surface area contributed by atoms with Gasteiger partial charge in [-0.25, -0.2) is 15.0 Å². The highest BCUT2D eigenvalue weighted by Gasteiger charge is 2.30. The van der Waals surface area contributed by atoms with E-state index >= 15 is 0 Å². The summed E-state index contributed by atoms with van der Waals surface area (Å²) in [6.45, 7) is 4.68. The second-order valence-corrected chi connectivity index (χ2v) is 12.1. The summed E-state index contributed by atoms with van der Waals surface area (Å²) in [7, 11) is 2.22. The van der Waals surface area contributed by atoms with Crippen molar-refractivity contribution in [2.75, 3.05) is 44.3 Å². The number of nitrogens with two attached hydrogens (primary N) is 1. The third-order valence-electron chi connectivity index (χ3n) is 8.72. The second-order valence-electron chi connectivity index (χ2n) is 11.3. The maximum absolute atomic E-state index is 6.44. The molecule has 4 heterocycles. The zero-order valence-corrected chi connectivity index (χ0v) is 24.5. The Morgan fingerprint density at radius 3 is 2.44 bits per heavy atom. The summed E-state index contributed by atoms with van der Waals surface area (Å²) >= 11 is 12.5. The van der Waals surface area contributed by atoms with Crippen LogP contribution in [0.5, 0.6) is 0 Å². The second kappa shape index (κ2) is 10.8. The van der Waals surface area contributed by atoms with Crippen molar-refractivity contribution >= 4 is 62.7 Å². The minimum absolute atomic E-state index is 0.401. The van der Waals surface area contributed by atoms with Crippen LogP contribution in [-0.4, -0.2) is 73.6 Å². The molecule has 11 heteroatoms. The van der Waals surface area contributed by atoms with E-state index in [1.165, 1.54) is 25.9 Å². The number of hydrogen-bond donors (Lipinski definition) is 3. The molecule has 2 fully saturated rings. The molecule has 0 amide bonds. The molecule has 5 aromatic rings. The number of hydrogen-bond acceptors (Lipinski definition) is 7. The van der Waals surface area contributed by atoms with E-state index in [0.29, 0.717) is 39.4 Å². The smallest absolute Gasteiger partial charge is 0.205 e. The summed E-state index contributed by atoms with van der Waals surface area (Å²) in [6.07, 6.45) is 8.50. The van der Waals surface area contributed by atoms with Crippen molar-refractivity contribution in [3.8, 4) is 11.1 Å². The SMILES string of the molecule is CN1CCN([C@H]2CC[C@@H](n3cc(-c4ccc(Nc5nc6cc(Cl)cc(Cl)c6[nH]5)cc4)c4c(N)ncnc43)CC2)CC1. The Bertz CT molecular complexity index is 1700. The highest BCUT2D eigenvalue weighted by atomic mass is 35.5. The molecule has 2 aliphatic rings. The number of aromatic nitrogens is 5. The van der Waals surface area contributed by atoms with Gasteiger partial charge in [0, 0.05) is 60.7 Å². The van der Waals surface area contributed by atoms with Gasteiger partial charge in [0.1, 0.15) is 17.8 Å². The number of fused-ring (bicyclic) bond motifs is 2. The van der Waals surface area contributed by atoms with Gasteiger partial charge in [-0.05, 0) is 62.6 Å². The predicted molar refractivity (Wildman–Crippen MR) is 167 cm³/mol. The number of likely N-dealkylation sites (N-methyl/N-ethyl adjacent to an activating group) is 1. The highest BCUT2D eigenvalue weighted by molar-refractivity contribution is 6.38. The Labute approximate surface area is 248 Å². The van der Waals surface area contributed by atoms with E-state index in [0.717, 1.165) is 59.3 Å². The van der Waals surface area contributed by atoms with E-state index in [4.69, 9.17) is 33.9 Å². The predicted octanol–water partition coefficient (Wildman–Crippen LogP) is 6.34. The Hall–Kier alpha value is -3.37. The van der Waals surface area contributed by atoms with Crippen LogP contribution in [-0.2, 0) is 0 Å². The molecular formula is C30H33Cl2N9. The number of halogens is 2. The largest absolute Gasteiger partial charge is 0.383 e. The number of nitrogens with one attached hydrogen (secondary N) is 2. The van der Waals surface area contributed by atoms with Gasteiger partial charge < -0.3 is 25.5 Å². The Kier molecular flexibility index (Phi) is 6.98. The first-order chi connectivity index (χ1) is 19.9. The first-order valence-corrected chi connectivity index (χ1v) is 14.9. The number of nitrogens with zero attached hydrogens (tertiary/aromatic N) is 6. The molecule has 0 atom stereocenters. The average molecular weight is 591 g/mol. The van der Waals surface area contributed by atoms with Crippen molar-refractivity contribution < 1.29 is 0 Å². The lowest BCUT2D eigenvalue weighted by Crippen LogP contribution is -2.49. The van der Waals surface area contributed by atoms with Crippen LogP contribution in [0.15, 0.2) is 48.9 Å². The zero-order valence-electron chi connectivity index (χ0n) is 22.9. The molecule has 41 heavy (non-hydrogen) atoms. The topological polar surface area (TPSA) is 104 Å². The van der Waals surface area contributed by atoms with E-state index < -0.39 is 0 Å². The van der Waals surface area contributed by atoms with E-state index in [1.807, 2.05) is 12.1 Å². The lowest BCUT2D eigenvalue weighted by atomic mass is 9.89. The molecule has 1 aliphatic carbocycles. The van der Waals surface area contributed by atoms with E-state index in [-0.39, 0.29) is 0 Å². The number of H-pyrrole nitrogens is 1. The van der Waals surface area contributed by atoms with Crippen LogP contribution in [0.3, 0.4) is 0 Å². The molecule has 1 saturated heterocycles. The standard InChI is InChI=1S/C30H33Cl2N9/c1-39-10-12-40(13-11-39)21-6-8-22(9-7-21)41-16-23(26-28(33)34-17-35-29(26)41)18-2-4-20(5-3-18)36-30-37-25-15-19(31)14-24(32)27(25)38-30/h2-5,14-17,21-22H,6-13H2,1H3,(H2,33,34,35)(H2,36,37,38)/t21-,22+. The summed E-state index contributed by atoms with van der Waals surface area (Å²) in [6, 6.07) is 12.8. The number of nitrogen functional groups attached to an aromatic ring is 1. The van der Waals surface area contributed by atoms with Crippen molar-refractivity contribution in [2.45, 2.75) is 37.8 Å². The van der Waals surface area contributed by atoms with Gasteiger partial charge in [0.15, 0.2) is 0 Å². The van der Waals surface area contributed by atoms with Crippen LogP contribution in [0.4, 0.5) is 17.5 Å². The maximum Gasteiger partial charge on any atom is 0.205 e. The summed E-state index contributed by atoms with van der Waals surface area (Å²) in [5.74, 6) is 1.10. The molecule has 1 saturated carbocycles. The summed E-state index contributed by atoms with van der Waals surface area (Å²) in [5.41, 5.74) is 11.8. The van der Waals surface area contributed by atoms with Crippen LogP contribution in [0.1, 0.15) is 31.7 Å². The summed E-state index contributed by atoms with van der Waals surface area (Å²) in [4.78, 5) is 22.0. The zero-order chi connectivity index (χ0) is 28.1. The number of rotatable bonds is 5. The van der Waals surface area contributed by atoms with E-state index in [1.54, 1.807) is 18.5 Å². The van der Waals surface area contributed by atoms with Crippen molar-refractivity contribution in [3.05, 3.63) is 59.0 Å². The van der Waals surface area contributed by atoms with E-state index in [9.17, 15) is 0 Å². The number of benzene rings is 2. The fraction of sp³-hybridized carbons (Fsp3) is 0.367. The van der Waals surface area contributed by atoms with Crippen LogP contribution in [0, 0.1) is 0 Å². The molecular weight excluding hydrogens is 557 g/mol. The molecule has 0 radical (unpaired) electrons. The normalized spacial score (nSPS) is 20.7. The number of imidazole rings is 1. The molecule has 0 unspecified atom stereocenters. The van der Waals surface area contributed by atoms with Gasteiger partial charge in [-0.1, -0.05) is 35.3 Å². The molecule has 0 bridgehead atoms. The average Bonchev–Trinajstić information content (AvgIpc) is 3.56. The quantitative estimate of drug-likeness (QED) is 0.220. The van der Waals surface area contributed by atoms with Crippen molar-refractivity contribution in [1.82, 2.24) is 34.3 Å². The lowest BCUT2D eigenvalue weighted by Gasteiger charge is -2.41. The van der Waals surface area contributed by atoms with Gasteiger partial charge in [-0.2, -0.15) is 0 Å². The fourth-order valence-corrected chi connectivity index (χ4v) is 6.99. The number of piperazine rings is 1. The van der Waals surface area contributed by atoms with Crippen molar-refractivity contribution in [1.29, 1.82) is 0 Å². The third-order valence-corrected chi connectivity index (χ3v) is 9.24. The van der Waals surface area contributed by atoms with E-state index in [2.05, 4.69) is 60.0 Å². The van der Waals surface area contributed by atoms with Crippen molar-refractivity contribution in [2.24, 2.45) is 0 Å². The van der Waals surface area contributed by atoms with Crippen LogP contribution in [0.25, 0.3) is 33.2 Å². The first kappa shape index (κ1) is 26.5. The van der Waals surface area contributed by atoms with Gasteiger partial charge in [0.05, 0.1) is 21.4 Å². The Balaban J connectivity index is 1.12. The number of anilines is 3. The minimum Gasteiger partial charge on any atom is -0.383 e. The lowest BCUT2D eigenvalue weighted by molar-refractivity contribution is 0.0828. The molecule has 212 valence electrons. The summed E-state index contributed by atoms with van der Waals surface area (Å²) in [5, 5.41) is 5.33. The van der Waals surface area contributed by atoms with Gasteiger partial charge in [0.25, 0.3) is 0 Å². The molecule has 9 nitrogen and oxygen atoms in total. The fourth-order valence-electron chi connectivity index (χ4n) is 6.46. The summed E-state index contributed by atoms with van der Waals surface area (Å²) < 4.78 is 2.35. The van der Waals surface area contributed by atoms with Crippen LogP contribution >= 0.6 is 23.2 Å². The molecule has 2 aromatic carbocycles. The molecule has 3 aromatic heterocycles. The molecule has 4 N–H and O–H groups in total. The third kappa shape index (κ3) is 5.12. The first-order valence-electron chi connectivity index (χ1n) is 14.2.